The van der Waals surface area contributed by atoms with Crippen molar-refractivity contribution in [3.8, 4) is 23.8 Å². The van der Waals surface area contributed by atoms with Gasteiger partial charge >= 0.3 is 6.18 Å². The predicted octanol–water partition coefficient (Wildman–Crippen LogP) is 3.54. The number of hydrogen-bond acceptors (Lipinski definition) is 4. The number of fused-ring (bicyclic) bond motifs is 1. The van der Waals surface area contributed by atoms with E-state index in [0.717, 1.165) is 6.07 Å². The SMILES string of the molecule is C#C[C@](C)(CC)NC(=O)c1cc2nc(-c3ccco3)cc(C(F)(F)F)n2n1. The summed E-state index contributed by atoms with van der Waals surface area (Å²) in [5.74, 6) is 1.93. The Morgan fingerprint density at radius 1 is 1.41 bits per heavy atom. The molecule has 27 heavy (non-hydrogen) atoms. The first kappa shape index (κ1) is 18.5. The van der Waals surface area contributed by atoms with Crippen molar-refractivity contribution in [2.45, 2.75) is 32.0 Å². The van der Waals surface area contributed by atoms with Crippen molar-refractivity contribution in [1.82, 2.24) is 19.9 Å². The number of alkyl halides is 3. The summed E-state index contributed by atoms with van der Waals surface area (Å²) in [6.45, 7) is 3.41. The van der Waals surface area contributed by atoms with E-state index in [1.807, 2.05) is 0 Å². The zero-order chi connectivity index (χ0) is 19.8. The summed E-state index contributed by atoms with van der Waals surface area (Å²) in [5.41, 5.74) is -2.39. The van der Waals surface area contributed by atoms with Crippen LogP contribution in [0.4, 0.5) is 13.2 Å². The first-order chi connectivity index (χ1) is 12.7. The van der Waals surface area contributed by atoms with Gasteiger partial charge in [-0.05, 0) is 31.5 Å². The van der Waals surface area contributed by atoms with Crippen LogP contribution in [-0.4, -0.2) is 26.0 Å². The number of aromatic nitrogens is 3. The minimum Gasteiger partial charge on any atom is -0.463 e. The summed E-state index contributed by atoms with van der Waals surface area (Å²) in [6.07, 6.45) is 2.47. The van der Waals surface area contributed by atoms with E-state index in [1.165, 1.54) is 24.5 Å². The molecule has 3 aromatic heterocycles. The summed E-state index contributed by atoms with van der Waals surface area (Å²) in [7, 11) is 0. The number of carbonyl (C=O) groups is 1. The molecule has 0 aromatic carbocycles. The zero-order valence-corrected chi connectivity index (χ0v) is 14.5. The van der Waals surface area contributed by atoms with Gasteiger partial charge in [-0.3, -0.25) is 4.79 Å². The lowest BCUT2D eigenvalue weighted by molar-refractivity contribution is -0.142. The summed E-state index contributed by atoms with van der Waals surface area (Å²) in [4.78, 5) is 16.5. The second-order valence-corrected chi connectivity index (χ2v) is 6.09. The number of rotatable bonds is 4. The van der Waals surface area contributed by atoms with Crippen LogP contribution in [0.25, 0.3) is 17.1 Å². The van der Waals surface area contributed by atoms with Gasteiger partial charge in [-0.2, -0.15) is 18.3 Å². The van der Waals surface area contributed by atoms with E-state index in [-0.39, 0.29) is 22.8 Å². The highest BCUT2D eigenvalue weighted by atomic mass is 19.4. The monoisotopic (exact) mass is 376 g/mol. The summed E-state index contributed by atoms with van der Waals surface area (Å²) < 4.78 is 46.2. The number of hydrogen-bond donors (Lipinski definition) is 1. The zero-order valence-electron chi connectivity index (χ0n) is 14.5. The molecule has 3 rings (SSSR count). The lowest BCUT2D eigenvalue weighted by atomic mass is 10.0. The fourth-order valence-corrected chi connectivity index (χ4v) is 2.38. The maximum absolute atomic E-state index is 13.5. The van der Waals surface area contributed by atoms with Gasteiger partial charge in [-0.25, -0.2) is 9.50 Å². The first-order valence-corrected chi connectivity index (χ1v) is 7.99. The molecule has 0 saturated carbocycles. The largest absolute Gasteiger partial charge is 0.463 e. The molecule has 0 radical (unpaired) electrons. The fraction of sp³-hybridized carbons (Fsp3) is 0.278. The van der Waals surface area contributed by atoms with Crippen LogP contribution in [0.3, 0.4) is 0 Å². The van der Waals surface area contributed by atoms with E-state index < -0.39 is 23.3 Å². The average Bonchev–Trinajstić information content (AvgIpc) is 3.29. The van der Waals surface area contributed by atoms with Crippen LogP contribution in [0.1, 0.15) is 36.5 Å². The van der Waals surface area contributed by atoms with Crippen molar-refractivity contribution in [1.29, 1.82) is 0 Å². The van der Waals surface area contributed by atoms with E-state index in [4.69, 9.17) is 10.8 Å². The van der Waals surface area contributed by atoms with E-state index in [1.54, 1.807) is 13.8 Å². The Balaban J connectivity index is 2.11. The molecule has 3 aromatic rings. The summed E-state index contributed by atoms with van der Waals surface area (Å²) >= 11 is 0. The predicted molar refractivity (Wildman–Crippen MR) is 90.7 cm³/mol. The van der Waals surface area contributed by atoms with Crippen LogP contribution < -0.4 is 5.32 Å². The molecule has 0 saturated heterocycles. The first-order valence-electron chi connectivity index (χ1n) is 7.99. The Labute approximate surface area is 152 Å². The van der Waals surface area contributed by atoms with Gasteiger partial charge in [-0.15, -0.1) is 6.42 Å². The third-order valence-corrected chi connectivity index (χ3v) is 4.14. The number of nitrogens with one attached hydrogen (secondary N) is 1. The lowest BCUT2D eigenvalue weighted by Crippen LogP contribution is -2.44. The third kappa shape index (κ3) is 3.51. The number of nitrogens with zero attached hydrogens (tertiary/aromatic N) is 3. The molecule has 6 nitrogen and oxygen atoms in total. The molecular formula is C18H15F3N4O2. The second-order valence-electron chi connectivity index (χ2n) is 6.09. The van der Waals surface area contributed by atoms with E-state index in [0.29, 0.717) is 10.9 Å². The van der Waals surface area contributed by atoms with Crippen molar-refractivity contribution in [3.05, 3.63) is 41.9 Å². The van der Waals surface area contributed by atoms with Crippen LogP contribution in [0, 0.1) is 12.3 Å². The Kier molecular flexibility index (Phi) is 4.43. The minimum atomic E-state index is -4.71. The second kappa shape index (κ2) is 6.46. The fourth-order valence-electron chi connectivity index (χ4n) is 2.38. The van der Waals surface area contributed by atoms with Gasteiger partial charge in [0.15, 0.2) is 22.8 Å². The van der Waals surface area contributed by atoms with Gasteiger partial charge in [0, 0.05) is 6.07 Å². The van der Waals surface area contributed by atoms with Gasteiger partial charge in [0.05, 0.1) is 11.8 Å². The minimum absolute atomic E-state index is 0.0197. The number of amides is 1. The molecule has 3 heterocycles. The Morgan fingerprint density at radius 2 is 2.15 bits per heavy atom. The maximum Gasteiger partial charge on any atom is 0.433 e. The molecule has 0 unspecified atom stereocenters. The van der Waals surface area contributed by atoms with Crippen LogP contribution in [0.15, 0.2) is 34.9 Å². The molecule has 1 atom stereocenters. The third-order valence-electron chi connectivity index (χ3n) is 4.14. The van der Waals surface area contributed by atoms with E-state index >= 15 is 0 Å². The number of carbonyl (C=O) groups excluding carboxylic acids is 1. The topological polar surface area (TPSA) is 72.4 Å². The Hall–Kier alpha value is -3.28. The standard InChI is InChI=1S/C18H15F3N4O2/c1-4-17(3,5-2)23-16(26)12-10-15-22-11(13-7-6-8-27-13)9-14(18(19,20)21)25(15)24-12/h1,6-10H,5H2,2-3H3,(H,23,26)/t17-/m1/s1. The average molecular weight is 376 g/mol. The van der Waals surface area contributed by atoms with E-state index in [2.05, 4.69) is 21.3 Å². The van der Waals surface area contributed by atoms with Crippen molar-refractivity contribution < 1.29 is 22.4 Å². The quantitative estimate of drug-likeness (QED) is 0.707. The summed E-state index contributed by atoms with van der Waals surface area (Å²) in [6, 6.07) is 5.01. The number of halogens is 3. The molecule has 0 aliphatic rings. The molecule has 0 aliphatic carbocycles. The highest BCUT2D eigenvalue weighted by molar-refractivity contribution is 5.94. The van der Waals surface area contributed by atoms with Gasteiger partial charge in [0.2, 0.25) is 0 Å². The smallest absolute Gasteiger partial charge is 0.433 e. The van der Waals surface area contributed by atoms with Crippen LogP contribution >= 0.6 is 0 Å². The van der Waals surface area contributed by atoms with Crippen LogP contribution in [-0.2, 0) is 6.18 Å². The van der Waals surface area contributed by atoms with Gasteiger partial charge < -0.3 is 9.73 Å². The molecule has 9 heteroatoms. The summed E-state index contributed by atoms with van der Waals surface area (Å²) in [5, 5.41) is 6.37. The Morgan fingerprint density at radius 3 is 2.70 bits per heavy atom. The lowest BCUT2D eigenvalue weighted by Gasteiger charge is -2.22. The highest BCUT2D eigenvalue weighted by Gasteiger charge is 2.36. The van der Waals surface area contributed by atoms with E-state index in [9.17, 15) is 18.0 Å². The number of terminal acetylenes is 1. The molecule has 0 bridgehead atoms. The molecule has 0 aliphatic heterocycles. The molecule has 0 spiro atoms. The van der Waals surface area contributed by atoms with Crippen LogP contribution in [0.5, 0.6) is 0 Å². The van der Waals surface area contributed by atoms with Gasteiger partial charge in [0.1, 0.15) is 5.69 Å². The van der Waals surface area contributed by atoms with Crippen molar-refractivity contribution in [2.75, 3.05) is 0 Å². The van der Waals surface area contributed by atoms with Gasteiger partial charge in [-0.1, -0.05) is 12.8 Å². The molecular weight excluding hydrogens is 361 g/mol. The molecule has 0 fully saturated rings. The van der Waals surface area contributed by atoms with Gasteiger partial charge in [0.25, 0.3) is 5.91 Å². The highest BCUT2D eigenvalue weighted by Crippen LogP contribution is 2.32. The normalized spacial score (nSPS) is 13.9. The molecule has 1 amide bonds. The Bertz CT molecular complexity index is 1030. The molecule has 1 N–H and O–H groups in total. The number of furan rings is 1. The van der Waals surface area contributed by atoms with Crippen molar-refractivity contribution in [2.24, 2.45) is 0 Å². The van der Waals surface area contributed by atoms with Crippen LogP contribution in [0.2, 0.25) is 0 Å². The molecule has 140 valence electrons. The maximum atomic E-state index is 13.5. The van der Waals surface area contributed by atoms with Crippen molar-refractivity contribution >= 4 is 11.6 Å². The van der Waals surface area contributed by atoms with Crippen molar-refractivity contribution in [3.63, 3.8) is 0 Å².